The van der Waals surface area contributed by atoms with Crippen molar-refractivity contribution in [3.63, 3.8) is 0 Å². The average molecular weight is 347 g/mol. The molecule has 128 valence electrons. The summed E-state index contributed by atoms with van der Waals surface area (Å²) in [6.45, 7) is 6.03. The number of fused-ring (bicyclic) bond motifs is 2. The third-order valence-corrected chi connectivity index (χ3v) is 6.31. The first-order valence-corrected chi connectivity index (χ1v) is 9.16. The van der Waals surface area contributed by atoms with Crippen molar-refractivity contribution in [2.45, 2.75) is 24.6 Å². The fourth-order valence-corrected chi connectivity index (χ4v) is 4.99. The first-order chi connectivity index (χ1) is 11.4. The van der Waals surface area contributed by atoms with Crippen molar-refractivity contribution in [3.8, 4) is 5.75 Å². The Labute approximate surface area is 145 Å². The lowest BCUT2D eigenvalue weighted by Crippen LogP contribution is -2.52. The summed E-state index contributed by atoms with van der Waals surface area (Å²) in [7, 11) is 1.96. The summed E-state index contributed by atoms with van der Waals surface area (Å²) in [5.41, 5.74) is 1.44. The summed E-state index contributed by atoms with van der Waals surface area (Å²) in [6.07, 6.45) is 0. The number of amides is 3. The number of likely N-dealkylation sites (N-methyl/N-ethyl adjacent to an activating group) is 1. The van der Waals surface area contributed by atoms with Crippen LogP contribution in [0.2, 0.25) is 0 Å². The minimum Gasteiger partial charge on any atom is -0.489 e. The maximum Gasteiger partial charge on any atom is 0.332 e. The molecule has 4 rings (SSSR count). The first kappa shape index (κ1) is 15.6. The summed E-state index contributed by atoms with van der Waals surface area (Å²) in [4.78, 5) is 31.3. The summed E-state index contributed by atoms with van der Waals surface area (Å²) in [5.74, 6) is 1.44. The van der Waals surface area contributed by atoms with Crippen LogP contribution in [-0.4, -0.2) is 60.1 Å². The normalized spacial score (nSPS) is 25.5. The molecule has 2 saturated heterocycles. The number of urea groups is 1. The molecule has 1 aromatic carbocycles. The van der Waals surface area contributed by atoms with Gasteiger partial charge in [-0.1, -0.05) is 6.07 Å². The maximum absolute atomic E-state index is 13.1. The van der Waals surface area contributed by atoms with E-state index in [1.54, 1.807) is 16.7 Å². The molecule has 3 amide bonds. The predicted molar refractivity (Wildman–Crippen MR) is 95.1 cm³/mol. The van der Waals surface area contributed by atoms with Crippen LogP contribution in [0.5, 0.6) is 5.75 Å². The first-order valence-electron chi connectivity index (χ1n) is 8.17. The quantitative estimate of drug-likeness (QED) is 0.729. The highest BCUT2D eigenvalue weighted by Crippen LogP contribution is 2.45. The lowest BCUT2D eigenvalue weighted by atomic mass is 10.0. The van der Waals surface area contributed by atoms with Crippen molar-refractivity contribution in [1.82, 2.24) is 4.90 Å². The van der Waals surface area contributed by atoms with Gasteiger partial charge in [0.25, 0.3) is 5.91 Å². The van der Waals surface area contributed by atoms with Crippen LogP contribution < -0.4 is 14.5 Å². The highest BCUT2D eigenvalue weighted by atomic mass is 32.2. The van der Waals surface area contributed by atoms with E-state index >= 15 is 0 Å². The van der Waals surface area contributed by atoms with Crippen LogP contribution in [0.15, 0.2) is 18.2 Å². The number of thioether (sulfide) groups is 1. The maximum atomic E-state index is 13.1. The van der Waals surface area contributed by atoms with Gasteiger partial charge in [-0.05, 0) is 26.0 Å². The van der Waals surface area contributed by atoms with E-state index in [0.717, 1.165) is 23.7 Å². The molecule has 3 heterocycles. The van der Waals surface area contributed by atoms with Crippen LogP contribution >= 0.6 is 11.8 Å². The van der Waals surface area contributed by atoms with E-state index in [9.17, 15) is 9.59 Å². The molecule has 0 unspecified atom stereocenters. The molecule has 0 spiro atoms. The number of anilines is 2. The van der Waals surface area contributed by atoms with Crippen LogP contribution in [-0.2, 0) is 4.79 Å². The van der Waals surface area contributed by atoms with Crippen LogP contribution in [0, 0.1) is 0 Å². The number of benzene rings is 1. The van der Waals surface area contributed by atoms with Gasteiger partial charge in [0.05, 0.1) is 12.2 Å². The van der Waals surface area contributed by atoms with E-state index in [1.807, 2.05) is 44.0 Å². The molecular formula is C17H21N3O3S. The highest BCUT2D eigenvalue weighted by molar-refractivity contribution is 8.00. The number of para-hydroxylation sites is 1. The molecule has 0 bridgehead atoms. The molecule has 1 atom stereocenters. The average Bonchev–Trinajstić information content (AvgIpc) is 2.79. The molecule has 3 aliphatic rings. The lowest BCUT2D eigenvalue weighted by molar-refractivity contribution is -0.120. The molecule has 6 nitrogen and oxygen atoms in total. The van der Waals surface area contributed by atoms with Crippen molar-refractivity contribution in [2.75, 3.05) is 42.3 Å². The Bertz CT molecular complexity index is 721. The number of rotatable bonds is 1. The molecule has 24 heavy (non-hydrogen) atoms. The molecule has 0 saturated carbocycles. The zero-order chi connectivity index (χ0) is 17.1. The van der Waals surface area contributed by atoms with Gasteiger partial charge in [0.15, 0.2) is 0 Å². The second kappa shape index (κ2) is 5.31. The second-order valence-electron chi connectivity index (χ2n) is 6.90. The van der Waals surface area contributed by atoms with Gasteiger partial charge in [-0.15, -0.1) is 0 Å². The number of imide groups is 1. The fraction of sp³-hybridized carbons (Fsp3) is 0.529. The van der Waals surface area contributed by atoms with E-state index in [-0.39, 0.29) is 16.7 Å². The Morgan fingerprint density at radius 1 is 1.25 bits per heavy atom. The monoisotopic (exact) mass is 347 g/mol. The van der Waals surface area contributed by atoms with E-state index < -0.39 is 6.04 Å². The number of hydrogen-bond donors (Lipinski definition) is 0. The third kappa shape index (κ3) is 2.10. The fourth-order valence-electron chi connectivity index (χ4n) is 3.79. The van der Waals surface area contributed by atoms with Crippen molar-refractivity contribution in [1.29, 1.82) is 0 Å². The standard InChI is InChI=1S/C17H21N3O3S/c1-17(2)14-15(21)20(16(22)19(14)8-10-24-17)11-5-4-6-12-13(11)18(3)7-9-23-12/h4-6,14H,7-10H2,1-3H3/t14-/m0/s1. The number of nitrogens with zero attached hydrogens (tertiary/aromatic N) is 3. The topological polar surface area (TPSA) is 53.1 Å². The molecular weight excluding hydrogens is 326 g/mol. The Morgan fingerprint density at radius 2 is 2.04 bits per heavy atom. The molecule has 0 aromatic heterocycles. The van der Waals surface area contributed by atoms with Gasteiger partial charge in [0, 0.05) is 24.1 Å². The van der Waals surface area contributed by atoms with Gasteiger partial charge in [0.2, 0.25) is 0 Å². The molecule has 3 aliphatic heterocycles. The van der Waals surface area contributed by atoms with E-state index in [0.29, 0.717) is 18.8 Å². The zero-order valence-electron chi connectivity index (χ0n) is 14.1. The molecule has 7 heteroatoms. The summed E-state index contributed by atoms with van der Waals surface area (Å²) >= 11 is 1.75. The lowest BCUT2D eigenvalue weighted by Gasteiger charge is -2.39. The van der Waals surface area contributed by atoms with Crippen LogP contribution in [0.1, 0.15) is 13.8 Å². The SMILES string of the molecule is CN1CCOc2cccc(N3C(=O)[C@@H]4N(CCSC4(C)C)C3=O)c21. The van der Waals surface area contributed by atoms with Gasteiger partial charge in [0.1, 0.15) is 24.1 Å². The Morgan fingerprint density at radius 3 is 2.79 bits per heavy atom. The van der Waals surface area contributed by atoms with Crippen LogP contribution in [0.25, 0.3) is 0 Å². The van der Waals surface area contributed by atoms with Crippen LogP contribution in [0.4, 0.5) is 16.2 Å². The van der Waals surface area contributed by atoms with E-state index in [2.05, 4.69) is 0 Å². The molecule has 0 aliphatic carbocycles. The number of carbonyl (C=O) groups is 2. The minimum absolute atomic E-state index is 0.135. The van der Waals surface area contributed by atoms with Gasteiger partial charge in [-0.3, -0.25) is 4.79 Å². The van der Waals surface area contributed by atoms with Gasteiger partial charge >= 0.3 is 6.03 Å². The Hall–Kier alpha value is -1.89. The third-order valence-electron chi connectivity index (χ3n) is 4.95. The molecule has 1 aromatic rings. The zero-order valence-corrected chi connectivity index (χ0v) is 14.9. The smallest absolute Gasteiger partial charge is 0.332 e. The van der Waals surface area contributed by atoms with Crippen LogP contribution in [0.3, 0.4) is 0 Å². The van der Waals surface area contributed by atoms with Gasteiger partial charge in [-0.25, -0.2) is 9.69 Å². The van der Waals surface area contributed by atoms with Crippen molar-refractivity contribution < 1.29 is 14.3 Å². The molecule has 2 fully saturated rings. The Kier molecular flexibility index (Phi) is 3.46. The summed E-state index contributed by atoms with van der Waals surface area (Å²) in [5, 5.41) is 0. The number of carbonyl (C=O) groups excluding carboxylic acids is 2. The summed E-state index contributed by atoms with van der Waals surface area (Å²) in [6, 6.07) is 4.93. The largest absolute Gasteiger partial charge is 0.489 e. The Balaban J connectivity index is 1.81. The highest BCUT2D eigenvalue weighted by Gasteiger charge is 2.55. The predicted octanol–water partition coefficient (Wildman–Crippen LogP) is 2.18. The van der Waals surface area contributed by atoms with E-state index in [1.165, 1.54) is 4.90 Å². The second-order valence-corrected chi connectivity index (χ2v) is 8.65. The summed E-state index contributed by atoms with van der Waals surface area (Å²) < 4.78 is 5.43. The van der Waals surface area contributed by atoms with Crippen molar-refractivity contribution >= 4 is 35.1 Å². The molecule has 0 N–H and O–H groups in total. The number of ether oxygens (including phenoxy) is 1. The minimum atomic E-state index is -0.408. The molecule has 0 radical (unpaired) electrons. The number of hydrogen-bond acceptors (Lipinski definition) is 5. The van der Waals surface area contributed by atoms with Gasteiger partial charge < -0.3 is 14.5 Å². The van der Waals surface area contributed by atoms with Crippen molar-refractivity contribution in [3.05, 3.63) is 18.2 Å². The van der Waals surface area contributed by atoms with E-state index in [4.69, 9.17) is 4.74 Å². The van der Waals surface area contributed by atoms with Crippen molar-refractivity contribution in [2.24, 2.45) is 0 Å². The van der Waals surface area contributed by atoms with Gasteiger partial charge in [-0.2, -0.15) is 11.8 Å².